The lowest BCUT2D eigenvalue weighted by molar-refractivity contribution is -0.871. The van der Waals surface area contributed by atoms with Crippen LogP contribution in [0, 0.1) is 0 Å². The smallest absolute Gasteiger partial charge is 0.278 e. The second kappa shape index (κ2) is 9.85. The SMILES string of the molecule is COc1cc2c(cc1OC)CN(C(=O)C[NH+](C)CCOc1ccc(Cl)cc1)CC2. The molecule has 1 amide bonds. The fourth-order valence-electron chi connectivity index (χ4n) is 3.43. The van der Waals surface area contributed by atoms with Crippen LogP contribution in [0.1, 0.15) is 11.1 Å². The molecule has 2 aromatic rings. The van der Waals surface area contributed by atoms with Crippen LogP contribution in [0.25, 0.3) is 0 Å². The molecule has 2 aromatic carbocycles. The van der Waals surface area contributed by atoms with Crippen molar-refractivity contribution in [3.05, 3.63) is 52.5 Å². The number of nitrogens with zero attached hydrogens (tertiary/aromatic N) is 1. The number of carbonyl (C=O) groups is 1. The molecule has 0 fully saturated rings. The molecule has 1 atom stereocenters. The number of hydrogen-bond donors (Lipinski definition) is 1. The highest BCUT2D eigenvalue weighted by Crippen LogP contribution is 2.33. The van der Waals surface area contributed by atoms with Gasteiger partial charge in [-0.3, -0.25) is 4.79 Å². The monoisotopic (exact) mass is 419 g/mol. The molecule has 0 radical (unpaired) electrons. The maximum atomic E-state index is 12.8. The standard InChI is InChI=1S/C22H27ClN2O4/c1-24(10-11-29-19-6-4-18(23)5-7-19)15-22(26)25-9-8-16-12-20(27-2)21(28-3)13-17(16)14-25/h4-7,12-13H,8-11,14-15H2,1-3H3/p+1. The molecule has 7 heteroatoms. The van der Waals surface area contributed by atoms with Crippen LogP contribution in [-0.4, -0.2) is 58.3 Å². The topological polar surface area (TPSA) is 52.4 Å². The third-order valence-corrected chi connectivity index (χ3v) is 5.39. The molecule has 0 saturated heterocycles. The van der Waals surface area contributed by atoms with Crippen molar-refractivity contribution in [2.75, 3.05) is 47.5 Å². The van der Waals surface area contributed by atoms with Gasteiger partial charge in [0.2, 0.25) is 0 Å². The largest absolute Gasteiger partial charge is 0.493 e. The molecule has 0 aliphatic carbocycles. The van der Waals surface area contributed by atoms with E-state index in [9.17, 15) is 4.79 Å². The minimum Gasteiger partial charge on any atom is -0.493 e. The molecule has 6 nitrogen and oxygen atoms in total. The van der Waals surface area contributed by atoms with Crippen LogP contribution in [-0.2, 0) is 17.8 Å². The average molecular weight is 420 g/mol. The lowest BCUT2D eigenvalue weighted by atomic mass is 9.98. The quantitative estimate of drug-likeness (QED) is 0.709. The summed E-state index contributed by atoms with van der Waals surface area (Å²) < 4.78 is 16.5. The van der Waals surface area contributed by atoms with Gasteiger partial charge in [0.1, 0.15) is 18.9 Å². The number of benzene rings is 2. The van der Waals surface area contributed by atoms with E-state index in [0.29, 0.717) is 30.5 Å². The maximum absolute atomic E-state index is 12.8. The van der Waals surface area contributed by atoms with Gasteiger partial charge in [-0.25, -0.2) is 0 Å². The van der Waals surface area contributed by atoms with Crippen molar-refractivity contribution in [3.8, 4) is 17.2 Å². The zero-order valence-corrected chi connectivity index (χ0v) is 17.9. The number of ether oxygens (including phenoxy) is 3. The van der Waals surface area contributed by atoms with E-state index < -0.39 is 0 Å². The van der Waals surface area contributed by atoms with E-state index >= 15 is 0 Å². The van der Waals surface area contributed by atoms with E-state index in [-0.39, 0.29) is 5.91 Å². The summed E-state index contributed by atoms with van der Waals surface area (Å²) in [6.07, 6.45) is 0.820. The van der Waals surface area contributed by atoms with Crippen LogP contribution in [0.15, 0.2) is 36.4 Å². The van der Waals surface area contributed by atoms with Crippen LogP contribution < -0.4 is 19.1 Å². The normalized spacial score (nSPS) is 14.1. The first-order chi connectivity index (χ1) is 14.0. The third-order valence-electron chi connectivity index (χ3n) is 5.13. The predicted molar refractivity (Wildman–Crippen MR) is 112 cm³/mol. The number of carbonyl (C=O) groups excluding carboxylic acids is 1. The number of likely N-dealkylation sites (N-methyl/N-ethyl adjacent to an activating group) is 1. The van der Waals surface area contributed by atoms with E-state index in [1.165, 1.54) is 5.56 Å². The summed E-state index contributed by atoms with van der Waals surface area (Å²) in [5, 5.41) is 0.685. The van der Waals surface area contributed by atoms with Crippen molar-refractivity contribution in [2.45, 2.75) is 13.0 Å². The zero-order valence-electron chi connectivity index (χ0n) is 17.2. The van der Waals surface area contributed by atoms with Gasteiger partial charge in [-0.1, -0.05) is 11.6 Å². The maximum Gasteiger partial charge on any atom is 0.278 e. The fraction of sp³-hybridized carbons (Fsp3) is 0.409. The van der Waals surface area contributed by atoms with Gasteiger partial charge in [-0.15, -0.1) is 0 Å². The van der Waals surface area contributed by atoms with Gasteiger partial charge in [0.05, 0.1) is 21.3 Å². The van der Waals surface area contributed by atoms with Gasteiger partial charge < -0.3 is 24.0 Å². The van der Waals surface area contributed by atoms with Gasteiger partial charge in [0.15, 0.2) is 18.0 Å². The van der Waals surface area contributed by atoms with Gasteiger partial charge in [0, 0.05) is 18.1 Å². The molecule has 0 aromatic heterocycles. The predicted octanol–water partition coefficient (Wildman–Crippen LogP) is 1.84. The summed E-state index contributed by atoms with van der Waals surface area (Å²) >= 11 is 5.88. The highest BCUT2D eigenvalue weighted by molar-refractivity contribution is 6.30. The molecule has 0 spiro atoms. The van der Waals surface area contributed by atoms with Gasteiger partial charge in [-0.05, 0) is 53.9 Å². The number of amides is 1. The number of methoxy groups -OCH3 is 2. The number of rotatable bonds is 8. The Balaban J connectivity index is 1.50. The van der Waals surface area contributed by atoms with Crippen LogP contribution in [0.2, 0.25) is 5.02 Å². The first-order valence-electron chi connectivity index (χ1n) is 9.71. The highest BCUT2D eigenvalue weighted by Gasteiger charge is 2.24. The summed E-state index contributed by atoms with van der Waals surface area (Å²) in [5.74, 6) is 2.36. The Kier molecular flexibility index (Phi) is 7.23. The van der Waals surface area contributed by atoms with Crippen molar-refractivity contribution in [1.29, 1.82) is 0 Å². The van der Waals surface area contributed by atoms with Crippen molar-refractivity contribution in [2.24, 2.45) is 0 Å². The molecule has 156 valence electrons. The molecular formula is C22H28ClN2O4+. The molecular weight excluding hydrogens is 392 g/mol. The Morgan fingerprint density at radius 2 is 1.76 bits per heavy atom. The first kappa shape index (κ1) is 21.3. The van der Waals surface area contributed by atoms with E-state index in [2.05, 4.69) is 0 Å². The molecule has 1 heterocycles. The van der Waals surface area contributed by atoms with Crippen molar-refractivity contribution < 1.29 is 23.9 Å². The first-order valence-corrected chi connectivity index (χ1v) is 10.1. The lowest BCUT2D eigenvalue weighted by Crippen LogP contribution is -3.10. The Labute approximate surface area is 176 Å². The fourth-order valence-corrected chi connectivity index (χ4v) is 3.55. The van der Waals surface area contributed by atoms with Crippen molar-refractivity contribution in [1.82, 2.24) is 4.90 Å². The Morgan fingerprint density at radius 3 is 2.41 bits per heavy atom. The molecule has 0 bridgehead atoms. The minimum absolute atomic E-state index is 0.148. The summed E-state index contributed by atoms with van der Waals surface area (Å²) in [7, 11) is 5.27. The van der Waals surface area contributed by atoms with Gasteiger partial charge in [-0.2, -0.15) is 0 Å². The lowest BCUT2D eigenvalue weighted by Gasteiger charge is -2.30. The second-order valence-electron chi connectivity index (χ2n) is 7.23. The molecule has 1 aliphatic rings. The number of nitrogens with one attached hydrogen (secondary N) is 1. The van der Waals surface area contributed by atoms with E-state index in [0.717, 1.165) is 41.5 Å². The number of fused-ring (bicyclic) bond motifs is 1. The van der Waals surface area contributed by atoms with E-state index in [4.69, 9.17) is 25.8 Å². The third kappa shape index (κ3) is 5.55. The highest BCUT2D eigenvalue weighted by atomic mass is 35.5. The van der Waals surface area contributed by atoms with Crippen LogP contribution >= 0.6 is 11.6 Å². The second-order valence-corrected chi connectivity index (χ2v) is 7.66. The number of hydrogen-bond acceptors (Lipinski definition) is 4. The molecule has 1 unspecified atom stereocenters. The van der Waals surface area contributed by atoms with Gasteiger partial charge in [0.25, 0.3) is 5.91 Å². The zero-order chi connectivity index (χ0) is 20.8. The molecule has 3 rings (SSSR count). The summed E-state index contributed by atoms with van der Waals surface area (Å²) in [6.45, 7) is 3.04. The number of halogens is 1. The summed E-state index contributed by atoms with van der Waals surface area (Å²) in [5.41, 5.74) is 2.33. The van der Waals surface area contributed by atoms with Gasteiger partial charge >= 0.3 is 0 Å². The minimum atomic E-state index is 0.148. The van der Waals surface area contributed by atoms with Crippen molar-refractivity contribution in [3.63, 3.8) is 0 Å². The molecule has 1 aliphatic heterocycles. The van der Waals surface area contributed by atoms with Crippen LogP contribution in [0.4, 0.5) is 0 Å². The molecule has 29 heavy (non-hydrogen) atoms. The van der Waals surface area contributed by atoms with Crippen LogP contribution in [0.5, 0.6) is 17.2 Å². The molecule has 0 saturated carbocycles. The van der Waals surface area contributed by atoms with Crippen LogP contribution in [0.3, 0.4) is 0 Å². The summed E-state index contributed by atoms with van der Waals surface area (Å²) in [4.78, 5) is 15.8. The van der Waals surface area contributed by atoms with E-state index in [1.807, 2.05) is 36.2 Å². The molecule has 1 N–H and O–H groups in total. The summed E-state index contributed by atoms with van der Waals surface area (Å²) in [6, 6.07) is 11.3. The number of quaternary nitrogens is 1. The Bertz CT molecular complexity index is 841. The average Bonchev–Trinajstić information content (AvgIpc) is 2.73. The van der Waals surface area contributed by atoms with E-state index in [1.54, 1.807) is 26.4 Å². The van der Waals surface area contributed by atoms with Crippen molar-refractivity contribution >= 4 is 17.5 Å². The Hall–Kier alpha value is -2.44. The Morgan fingerprint density at radius 1 is 1.10 bits per heavy atom.